The summed E-state index contributed by atoms with van der Waals surface area (Å²) in [6, 6.07) is 6.27. The zero-order valence-electron chi connectivity index (χ0n) is 8.70. The molecule has 5 nitrogen and oxygen atoms in total. The number of benzene rings is 1. The summed E-state index contributed by atoms with van der Waals surface area (Å²) in [4.78, 5) is 15.1. The highest BCUT2D eigenvalue weighted by Gasteiger charge is 2.18. The number of hydrogen-bond acceptors (Lipinski definition) is 4. The van der Waals surface area contributed by atoms with Gasteiger partial charge in [-0.3, -0.25) is 10.1 Å². The smallest absolute Gasteiger partial charge is 0.269 e. The van der Waals surface area contributed by atoms with Crippen LogP contribution in [0, 0.1) is 16.0 Å². The van der Waals surface area contributed by atoms with Gasteiger partial charge in [-0.2, -0.15) is 0 Å². The third-order valence-electron chi connectivity index (χ3n) is 2.35. The molecule has 1 fully saturated rings. The molecule has 0 aliphatic heterocycles. The highest BCUT2D eigenvalue weighted by molar-refractivity contribution is 5.62. The first-order valence-corrected chi connectivity index (χ1v) is 5.14. The molecule has 1 saturated carbocycles. The fourth-order valence-corrected chi connectivity index (χ4v) is 1.20. The second kappa shape index (κ2) is 4.74. The highest BCUT2D eigenvalue weighted by Crippen LogP contribution is 2.26. The summed E-state index contributed by atoms with van der Waals surface area (Å²) in [5.41, 5.74) is 0.962. The molecular weight excluding hydrogens is 208 g/mol. The molecule has 0 atom stereocenters. The van der Waals surface area contributed by atoms with E-state index in [2.05, 4.69) is 5.16 Å². The van der Waals surface area contributed by atoms with Gasteiger partial charge in [-0.25, -0.2) is 0 Å². The van der Waals surface area contributed by atoms with Gasteiger partial charge < -0.3 is 4.84 Å². The second-order valence-corrected chi connectivity index (χ2v) is 3.79. The Morgan fingerprint density at radius 1 is 1.44 bits per heavy atom. The van der Waals surface area contributed by atoms with E-state index in [1.54, 1.807) is 12.1 Å². The molecule has 1 aromatic rings. The first kappa shape index (κ1) is 10.6. The molecule has 0 N–H and O–H groups in total. The van der Waals surface area contributed by atoms with Crippen molar-refractivity contribution in [2.75, 3.05) is 0 Å². The van der Waals surface area contributed by atoms with Crippen molar-refractivity contribution in [1.82, 2.24) is 0 Å². The van der Waals surface area contributed by atoms with Crippen LogP contribution in [0.1, 0.15) is 18.4 Å². The summed E-state index contributed by atoms with van der Waals surface area (Å²) >= 11 is 0. The van der Waals surface area contributed by atoms with Gasteiger partial charge in [0.05, 0.1) is 4.92 Å². The van der Waals surface area contributed by atoms with Gasteiger partial charge in [-0.05, 0) is 36.5 Å². The zero-order valence-corrected chi connectivity index (χ0v) is 8.70. The Morgan fingerprint density at radius 3 is 2.69 bits per heavy atom. The number of oxime groups is 1. The van der Waals surface area contributed by atoms with E-state index in [-0.39, 0.29) is 5.69 Å². The van der Waals surface area contributed by atoms with E-state index in [0.717, 1.165) is 5.56 Å². The molecule has 84 valence electrons. The standard InChI is InChI=1S/C11H12N2O3/c14-13(15)11-5-3-10(4-6-11)8-16-12-7-9-1-2-9/h3-7,9H,1-2,8H2. The molecule has 0 heterocycles. The molecule has 0 radical (unpaired) electrons. The van der Waals surface area contributed by atoms with Crippen LogP contribution >= 0.6 is 0 Å². The molecule has 0 aromatic heterocycles. The normalized spacial score (nSPS) is 15.2. The van der Waals surface area contributed by atoms with E-state index < -0.39 is 4.92 Å². The van der Waals surface area contributed by atoms with Crippen LogP contribution in [0.4, 0.5) is 5.69 Å². The van der Waals surface area contributed by atoms with Crippen LogP contribution in [-0.2, 0) is 11.4 Å². The van der Waals surface area contributed by atoms with Gasteiger partial charge in [0.25, 0.3) is 5.69 Å². The van der Waals surface area contributed by atoms with Crippen molar-refractivity contribution in [3.8, 4) is 0 Å². The van der Waals surface area contributed by atoms with Crippen LogP contribution in [0.2, 0.25) is 0 Å². The average molecular weight is 220 g/mol. The number of non-ortho nitro benzene ring substituents is 1. The monoisotopic (exact) mass is 220 g/mol. The van der Waals surface area contributed by atoms with Gasteiger partial charge in [0.15, 0.2) is 0 Å². The Kier molecular flexibility index (Phi) is 3.14. The van der Waals surface area contributed by atoms with Crippen molar-refractivity contribution < 1.29 is 9.76 Å². The van der Waals surface area contributed by atoms with E-state index in [0.29, 0.717) is 12.5 Å². The Balaban J connectivity index is 1.82. The average Bonchev–Trinajstić information content (AvgIpc) is 3.09. The lowest BCUT2D eigenvalue weighted by Crippen LogP contribution is -1.90. The van der Waals surface area contributed by atoms with Crippen molar-refractivity contribution in [3.05, 3.63) is 39.9 Å². The maximum atomic E-state index is 10.4. The Labute approximate surface area is 92.9 Å². The largest absolute Gasteiger partial charge is 0.391 e. The zero-order chi connectivity index (χ0) is 11.4. The molecular formula is C11H12N2O3. The summed E-state index contributed by atoms with van der Waals surface area (Å²) in [6.07, 6.45) is 4.21. The SMILES string of the molecule is O=[N+]([O-])c1ccc(CON=CC2CC2)cc1. The highest BCUT2D eigenvalue weighted by atomic mass is 16.6. The lowest BCUT2D eigenvalue weighted by Gasteiger charge is -1.98. The van der Waals surface area contributed by atoms with E-state index in [9.17, 15) is 10.1 Å². The van der Waals surface area contributed by atoms with Crippen LogP contribution in [-0.4, -0.2) is 11.1 Å². The van der Waals surface area contributed by atoms with Crippen LogP contribution in [0.15, 0.2) is 29.4 Å². The fraction of sp³-hybridized carbons (Fsp3) is 0.364. The quantitative estimate of drug-likeness (QED) is 0.435. The topological polar surface area (TPSA) is 64.7 Å². The van der Waals surface area contributed by atoms with Crippen molar-refractivity contribution in [2.45, 2.75) is 19.4 Å². The van der Waals surface area contributed by atoms with Crippen LogP contribution < -0.4 is 0 Å². The van der Waals surface area contributed by atoms with E-state index in [4.69, 9.17) is 4.84 Å². The van der Waals surface area contributed by atoms with Gasteiger partial charge in [-0.1, -0.05) is 5.16 Å². The number of rotatable bonds is 5. The Hall–Kier alpha value is -1.91. The first-order valence-electron chi connectivity index (χ1n) is 5.14. The third kappa shape index (κ3) is 3.05. The van der Waals surface area contributed by atoms with E-state index >= 15 is 0 Å². The molecule has 0 amide bonds. The lowest BCUT2D eigenvalue weighted by atomic mass is 10.2. The lowest BCUT2D eigenvalue weighted by molar-refractivity contribution is -0.384. The van der Waals surface area contributed by atoms with E-state index in [1.165, 1.54) is 25.0 Å². The summed E-state index contributed by atoms with van der Waals surface area (Å²) in [7, 11) is 0. The van der Waals surface area contributed by atoms with E-state index in [1.807, 2.05) is 6.21 Å². The van der Waals surface area contributed by atoms with Gasteiger partial charge in [0.1, 0.15) is 6.61 Å². The van der Waals surface area contributed by atoms with Crippen molar-refractivity contribution >= 4 is 11.9 Å². The van der Waals surface area contributed by atoms with Gasteiger partial charge >= 0.3 is 0 Å². The van der Waals surface area contributed by atoms with Crippen molar-refractivity contribution in [3.63, 3.8) is 0 Å². The number of nitrogens with zero attached hydrogens (tertiary/aromatic N) is 2. The molecule has 5 heteroatoms. The molecule has 2 rings (SSSR count). The minimum Gasteiger partial charge on any atom is -0.391 e. The van der Waals surface area contributed by atoms with Gasteiger partial charge in [0.2, 0.25) is 0 Å². The maximum Gasteiger partial charge on any atom is 0.269 e. The third-order valence-corrected chi connectivity index (χ3v) is 2.35. The molecule has 1 aromatic carbocycles. The maximum absolute atomic E-state index is 10.4. The summed E-state index contributed by atoms with van der Waals surface area (Å²) in [6.45, 7) is 0.348. The van der Waals surface area contributed by atoms with Crippen LogP contribution in [0.5, 0.6) is 0 Å². The van der Waals surface area contributed by atoms with Gasteiger partial charge in [-0.15, -0.1) is 0 Å². The fourth-order valence-electron chi connectivity index (χ4n) is 1.20. The Morgan fingerprint density at radius 2 is 2.12 bits per heavy atom. The predicted molar refractivity (Wildman–Crippen MR) is 59.1 cm³/mol. The minimum absolute atomic E-state index is 0.0882. The van der Waals surface area contributed by atoms with Crippen molar-refractivity contribution in [2.24, 2.45) is 11.1 Å². The molecule has 16 heavy (non-hydrogen) atoms. The summed E-state index contributed by atoms with van der Waals surface area (Å²) in [5.74, 6) is 0.594. The molecule has 0 spiro atoms. The minimum atomic E-state index is -0.421. The number of nitro groups is 1. The Bertz CT molecular complexity index is 396. The van der Waals surface area contributed by atoms with Gasteiger partial charge in [0, 0.05) is 18.3 Å². The first-order chi connectivity index (χ1) is 7.75. The molecule has 1 aliphatic carbocycles. The molecule has 0 bridgehead atoms. The second-order valence-electron chi connectivity index (χ2n) is 3.79. The molecule has 0 unspecified atom stereocenters. The van der Waals surface area contributed by atoms with Crippen LogP contribution in [0.25, 0.3) is 0 Å². The summed E-state index contributed by atoms with van der Waals surface area (Å²) < 4.78 is 0. The van der Waals surface area contributed by atoms with Crippen molar-refractivity contribution in [1.29, 1.82) is 0 Å². The summed E-state index contributed by atoms with van der Waals surface area (Å²) in [5, 5.41) is 14.2. The molecule has 0 saturated heterocycles. The number of hydrogen-bond donors (Lipinski definition) is 0. The number of nitro benzene ring substituents is 1. The predicted octanol–water partition coefficient (Wildman–Crippen LogP) is 2.51. The van der Waals surface area contributed by atoms with Crippen LogP contribution in [0.3, 0.4) is 0 Å². The molecule has 1 aliphatic rings.